The molecule has 0 bridgehead atoms. The minimum absolute atomic E-state index is 0.0795. The molecule has 0 saturated carbocycles. The van der Waals surface area contributed by atoms with Crippen LogP contribution in [-0.4, -0.2) is 29.2 Å². The van der Waals surface area contributed by atoms with Crippen molar-refractivity contribution in [2.24, 2.45) is 0 Å². The van der Waals surface area contributed by atoms with Crippen LogP contribution < -0.4 is 4.74 Å². The van der Waals surface area contributed by atoms with Crippen molar-refractivity contribution in [2.45, 2.75) is 12.8 Å². The Kier molecular flexibility index (Phi) is 5.01. The van der Waals surface area contributed by atoms with E-state index in [4.69, 9.17) is 9.47 Å². The first-order valence-electron chi connectivity index (χ1n) is 7.93. The molecule has 124 valence electrons. The van der Waals surface area contributed by atoms with Gasteiger partial charge in [-0.05, 0) is 48.9 Å². The van der Waals surface area contributed by atoms with Crippen LogP contribution in [0.5, 0.6) is 5.75 Å². The second-order valence-corrected chi connectivity index (χ2v) is 5.35. The average molecular weight is 324 g/mol. The maximum atomic E-state index is 11.3. The van der Waals surface area contributed by atoms with E-state index in [1.54, 1.807) is 6.92 Å². The summed E-state index contributed by atoms with van der Waals surface area (Å²) in [6, 6.07) is 15.9. The highest BCUT2D eigenvalue weighted by Crippen LogP contribution is 2.30. The molecule has 5 heteroatoms. The molecule has 0 aliphatic carbocycles. The summed E-state index contributed by atoms with van der Waals surface area (Å²) in [5.41, 5.74) is 3.35. The monoisotopic (exact) mass is 324 g/mol. The molecule has 0 amide bonds. The quantitative estimate of drug-likeness (QED) is 0.654. The Morgan fingerprint density at radius 1 is 1.00 bits per heavy atom. The molecule has 1 aromatic carbocycles. The molecule has 0 spiro atoms. The van der Waals surface area contributed by atoms with E-state index < -0.39 is 0 Å². The van der Waals surface area contributed by atoms with Gasteiger partial charge in [0, 0.05) is 23.8 Å². The summed E-state index contributed by atoms with van der Waals surface area (Å²) in [6.07, 6.45) is 3.84. The number of H-pyrrole nitrogens is 2. The molecule has 2 heterocycles. The number of aromatic amines is 2. The summed E-state index contributed by atoms with van der Waals surface area (Å²) in [6.45, 7) is 2.05. The number of carbonyl (C=O) groups excluding carboxylic acids is 1. The Bertz CT molecular complexity index is 712. The van der Waals surface area contributed by atoms with Gasteiger partial charge in [-0.15, -0.1) is 0 Å². The van der Waals surface area contributed by atoms with Gasteiger partial charge in [0.1, 0.15) is 5.75 Å². The van der Waals surface area contributed by atoms with Crippen LogP contribution in [0.2, 0.25) is 0 Å². The normalized spacial score (nSPS) is 10.8. The summed E-state index contributed by atoms with van der Waals surface area (Å²) in [5, 5.41) is 0. The minimum atomic E-state index is -0.364. The van der Waals surface area contributed by atoms with Crippen LogP contribution in [0.1, 0.15) is 29.8 Å². The number of esters is 1. The molecular formula is C19H20N2O3. The van der Waals surface area contributed by atoms with Gasteiger partial charge in [-0.3, -0.25) is 0 Å². The third kappa shape index (κ3) is 3.68. The Hall–Kier alpha value is -2.95. The number of benzene rings is 1. The topological polar surface area (TPSA) is 67.1 Å². The maximum absolute atomic E-state index is 11.3. The van der Waals surface area contributed by atoms with Crippen molar-refractivity contribution < 1.29 is 14.3 Å². The lowest BCUT2D eigenvalue weighted by atomic mass is 9.92. The summed E-state index contributed by atoms with van der Waals surface area (Å²) < 4.78 is 10.3. The maximum Gasteiger partial charge on any atom is 0.344 e. The van der Waals surface area contributed by atoms with E-state index in [2.05, 4.69) is 22.1 Å². The molecule has 3 aromatic rings. The molecule has 0 saturated heterocycles. The van der Waals surface area contributed by atoms with Crippen LogP contribution in [-0.2, 0) is 9.53 Å². The SMILES string of the molecule is CCOC(=O)COc1ccc(C(c2ccc[nH]2)c2ccc[nH]2)cc1. The van der Waals surface area contributed by atoms with Gasteiger partial charge in [0.25, 0.3) is 0 Å². The first-order valence-corrected chi connectivity index (χ1v) is 7.93. The van der Waals surface area contributed by atoms with Gasteiger partial charge in [-0.1, -0.05) is 12.1 Å². The third-order valence-electron chi connectivity index (χ3n) is 3.74. The Morgan fingerprint density at radius 3 is 2.12 bits per heavy atom. The zero-order valence-corrected chi connectivity index (χ0v) is 13.5. The highest BCUT2D eigenvalue weighted by Gasteiger charge is 2.18. The Labute approximate surface area is 140 Å². The molecule has 0 aliphatic heterocycles. The fraction of sp³-hybridized carbons (Fsp3) is 0.211. The molecule has 0 unspecified atom stereocenters. The van der Waals surface area contributed by atoms with Gasteiger partial charge in [0.2, 0.25) is 0 Å². The van der Waals surface area contributed by atoms with E-state index in [9.17, 15) is 4.79 Å². The lowest BCUT2D eigenvalue weighted by Gasteiger charge is -2.16. The predicted octanol–water partition coefficient (Wildman–Crippen LogP) is 3.46. The van der Waals surface area contributed by atoms with E-state index in [0.717, 1.165) is 17.0 Å². The Morgan fingerprint density at radius 2 is 1.62 bits per heavy atom. The molecule has 2 aromatic heterocycles. The van der Waals surface area contributed by atoms with Crippen LogP contribution >= 0.6 is 0 Å². The summed E-state index contributed by atoms with van der Waals surface area (Å²) >= 11 is 0. The van der Waals surface area contributed by atoms with Gasteiger partial charge >= 0.3 is 5.97 Å². The molecule has 0 atom stereocenters. The van der Waals surface area contributed by atoms with Crippen molar-refractivity contribution in [2.75, 3.05) is 13.2 Å². The van der Waals surface area contributed by atoms with E-state index in [0.29, 0.717) is 12.4 Å². The van der Waals surface area contributed by atoms with Crippen molar-refractivity contribution in [3.8, 4) is 5.75 Å². The summed E-state index contributed by atoms with van der Waals surface area (Å²) in [7, 11) is 0. The standard InChI is InChI=1S/C19H20N2O3/c1-2-23-18(22)13-24-15-9-7-14(8-10-15)19(16-5-3-11-20-16)17-6-4-12-21-17/h3-12,19-21H,2,13H2,1H3. The number of carbonyl (C=O) groups is 1. The number of hydrogen-bond acceptors (Lipinski definition) is 3. The fourth-order valence-electron chi connectivity index (χ4n) is 2.68. The second-order valence-electron chi connectivity index (χ2n) is 5.35. The first kappa shape index (κ1) is 15.9. The summed E-state index contributed by atoms with van der Waals surface area (Å²) in [5.74, 6) is 0.370. The van der Waals surface area contributed by atoms with Crippen LogP contribution in [0.25, 0.3) is 0 Å². The van der Waals surface area contributed by atoms with E-state index in [-0.39, 0.29) is 18.5 Å². The van der Waals surface area contributed by atoms with Crippen LogP contribution in [0, 0.1) is 0 Å². The fourth-order valence-corrected chi connectivity index (χ4v) is 2.68. The highest BCUT2D eigenvalue weighted by atomic mass is 16.6. The number of hydrogen-bond donors (Lipinski definition) is 2. The third-order valence-corrected chi connectivity index (χ3v) is 3.74. The molecule has 24 heavy (non-hydrogen) atoms. The Balaban J connectivity index is 1.76. The number of nitrogens with one attached hydrogen (secondary N) is 2. The van der Waals surface area contributed by atoms with E-state index >= 15 is 0 Å². The molecule has 0 aliphatic rings. The minimum Gasteiger partial charge on any atom is -0.482 e. The first-order chi connectivity index (χ1) is 11.8. The van der Waals surface area contributed by atoms with Crippen LogP contribution in [0.4, 0.5) is 0 Å². The van der Waals surface area contributed by atoms with E-state index in [1.807, 2.05) is 48.8 Å². The van der Waals surface area contributed by atoms with Gasteiger partial charge in [-0.25, -0.2) is 4.79 Å². The number of rotatable bonds is 7. The van der Waals surface area contributed by atoms with Crippen molar-refractivity contribution in [1.29, 1.82) is 0 Å². The number of ether oxygens (including phenoxy) is 2. The van der Waals surface area contributed by atoms with Crippen molar-refractivity contribution in [1.82, 2.24) is 9.97 Å². The van der Waals surface area contributed by atoms with Gasteiger partial charge in [-0.2, -0.15) is 0 Å². The van der Waals surface area contributed by atoms with Crippen LogP contribution in [0.15, 0.2) is 60.9 Å². The molecule has 5 nitrogen and oxygen atoms in total. The molecule has 2 N–H and O–H groups in total. The highest BCUT2D eigenvalue weighted by molar-refractivity contribution is 5.71. The number of aromatic nitrogens is 2. The van der Waals surface area contributed by atoms with E-state index in [1.165, 1.54) is 0 Å². The van der Waals surface area contributed by atoms with Gasteiger partial charge in [0.15, 0.2) is 6.61 Å². The largest absolute Gasteiger partial charge is 0.482 e. The van der Waals surface area contributed by atoms with Gasteiger partial charge in [0.05, 0.1) is 12.5 Å². The molecule has 3 rings (SSSR count). The van der Waals surface area contributed by atoms with Crippen LogP contribution in [0.3, 0.4) is 0 Å². The van der Waals surface area contributed by atoms with Crippen molar-refractivity contribution in [3.63, 3.8) is 0 Å². The average Bonchev–Trinajstić information content (AvgIpc) is 3.29. The van der Waals surface area contributed by atoms with Crippen molar-refractivity contribution in [3.05, 3.63) is 77.9 Å². The predicted molar refractivity (Wildman–Crippen MR) is 91.1 cm³/mol. The molecule has 0 radical (unpaired) electrons. The lowest BCUT2D eigenvalue weighted by Crippen LogP contribution is -2.14. The van der Waals surface area contributed by atoms with Crippen molar-refractivity contribution >= 4 is 5.97 Å². The summed E-state index contributed by atoms with van der Waals surface area (Å²) in [4.78, 5) is 17.9. The zero-order valence-electron chi connectivity index (χ0n) is 13.5. The zero-order chi connectivity index (χ0) is 16.8. The molecule has 0 fully saturated rings. The second kappa shape index (κ2) is 7.55. The molecular weight excluding hydrogens is 304 g/mol. The lowest BCUT2D eigenvalue weighted by molar-refractivity contribution is -0.145. The smallest absolute Gasteiger partial charge is 0.344 e. The van der Waals surface area contributed by atoms with Gasteiger partial charge < -0.3 is 19.4 Å².